The fourth-order valence-electron chi connectivity index (χ4n) is 4.90. The number of nitrogens with zero attached hydrogens (tertiary/aromatic N) is 4. The van der Waals surface area contributed by atoms with Crippen molar-refractivity contribution in [3.05, 3.63) is 58.9 Å². The first-order valence-corrected chi connectivity index (χ1v) is 13.2. The molecule has 0 spiro atoms. The highest BCUT2D eigenvalue weighted by Gasteiger charge is 2.26. The molecule has 2 saturated heterocycles. The number of hydrogen-bond acceptors (Lipinski definition) is 5. The topological polar surface area (TPSA) is 66.0 Å². The third-order valence-electron chi connectivity index (χ3n) is 6.95. The van der Waals surface area contributed by atoms with Crippen LogP contribution in [0.4, 0.5) is 14.9 Å². The van der Waals surface area contributed by atoms with Crippen LogP contribution in [0.5, 0.6) is 0 Å². The predicted molar refractivity (Wildman–Crippen MR) is 143 cm³/mol. The van der Waals surface area contributed by atoms with Crippen LogP contribution in [0.25, 0.3) is 22.2 Å². The van der Waals surface area contributed by atoms with Gasteiger partial charge in [-0.05, 0) is 49.6 Å². The molecule has 194 valence electrons. The van der Waals surface area contributed by atoms with Crippen molar-refractivity contribution in [3.63, 3.8) is 0 Å². The van der Waals surface area contributed by atoms with Crippen LogP contribution in [0.2, 0.25) is 5.02 Å². The predicted octanol–water partition coefficient (Wildman–Crippen LogP) is 5.60. The van der Waals surface area contributed by atoms with Gasteiger partial charge in [0.1, 0.15) is 5.82 Å². The minimum absolute atomic E-state index is 0.132. The molecule has 0 atom stereocenters. The van der Waals surface area contributed by atoms with Crippen LogP contribution in [-0.2, 0) is 4.74 Å². The highest BCUT2D eigenvalue weighted by Crippen LogP contribution is 2.32. The van der Waals surface area contributed by atoms with Gasteiger partial charge in [0.15, 0.2) is 0 Å². The SMILES string of the molecule is CCCOC(=O)N1CCN(C(=O)c2ccc3c(Cl)cc(-c4ccc(N5CCCC5)c(F)c4)nc3c2)CC1. The molecular weight excluding hydrogens is 495 g/mol. The highest BCUT2D eigenvalue weighted by molar-refractivity contribution is 6.35. The van der Waals surface area contributed by atoms with E-state index in [1.54, 1.807) is 40.1 Å². The number of carbonyl (C=O) groups excluding carboxylic acids is 2. The summed E-state index contributed by atoms with van der Waals surface area (Å²) < 4.78 is 20.1. The second kappa shape index (κ2) is 10.9. The van der Waals surface area contributed by atoms with Crippen molar-refractivity contribution >= 4 is 40.2 Å². The average Bonchev–Trinajstić information content (AvgIpc) is 3.45. The zero-order chi connectivity index (χ0) is 25.9. The van der Waals surface area contributed by atoms with Crippen molar-refractivity contribution in [1.82, 2.24) is 14.8 Å². The monoisotopic (exact) mass is 524 g/mol. The minimum atomic E-state index is -0.337. The molecule has 37 heavy (non-hydrogen) atoms. The first kappa shape index (κ1) is 25.3. The number of aromatic nitrogens is 1. The summed E-state index contributed by atoms with van der Waals surface area (Å²) >= 11 is 6.56. The van der Waals surface area contributed by atoms with Crippen LogP contribution in [0.15, 0.2) is 42.5 Å². The number of rotatable bonds is 5. The maximum Gasteiger partial charge on any atom is 0.409 e. The Bertz CT molecular complexity index is 1320. The molecular formula is C28H30ClFN4O3. The van der Waals surface area contributed by atoms with E-state index in [-0.39, 0.29) is 17.8 Å². The standard InChI is InChI=1S/C28H30ClFN4O3/c1-2-15-37-28(36)34-13-11-33(12-14-34)27(35)20-5-7-21-22(29)18-24(31-25(21)17-20)19-6-8-26(23(30)16-19)32-9-3-4-10-32/h5-8,16-18H,2-4,9-15H2,1H3. The van der Waals surface area contributed by atoms with Crippen molar-refractivity contribution in [2.45, 2.75) is 26.2 Å². The number of benzene rings is 2. The van der Waals surface area contributed by atoms with Gasteiger partial charge in [0.25, 0.3) is 5.91 Å². The van der Waals surface area contributed by atoms with Crippen molar-refractivity contribution in [2.75, 3.05) is 50.8 Å². The number of carbonyl (C=O) groups is 2. The van der Waals surface area contributed by atoms with E-state index >= 15 is 0 Å². The lowest BCUT2D eigenvalue weighted by molar-refractivity contribution is 0.0560. The summed E-state index contributed by atoms with van der Waals surface area (Å²) in [7, 11) is 0. The lowest BCUT2D eigenvalue weighted by Crippen LogP contribution is -2.50. The van der Waals surface area contributed by atoms with Gasteiger partial charge < -0.3 is 19.4 Å². The van der Waals surface area contributed by atoms with Gasteiger partial charge >= 0.3 is 6.09 Å². The normalized spacial score (nSPS) is 15.9. The highest BCUT2D eigenvalue weighted by atomic mass is 35.5. The van der Waals surface area contributed by atoms with Crippen LogP contribution in [0.3, 0.4) is 0 Å². The molecule has 3 aromatic rings. The Kier molecular flexibility index (Phi) is 7.46. The first-order valence-electron chi connectivity index (χ1n) is 12.8. The van der Waals surface area contributed by atoms with Gasteiger partial charge in [-0.15, -0.1) is 0 Å². The summed E-state index contributed by atoms with van der Waals surface area (Å²) in [6, 6.07) is 12.1. The van der Waals surface area contributed by atoms with E-state index in [1.165, 1.54) is 6.07 Å². The van der Waals surface area contributed by atoms with E-state index in [0.717, 1.165) is 37.7 Å². The maximum atomic E-state index is 14.9. The van der Waals surface area contributed by atoms with Crippen molar-refractivity contribution in [2.24, 2.45) is 0 Å². The molecule has 0 N–H and O–H groups in total. The lowest BCUT2D eigenvalue weighted by Gasteiger charge is -2.34. The molecule has 2 aliphatic rings. The molecule has 2 amide bonds. The molecule has 2 fully saturated rings. The van der Waals surface area contributed by atoms with Gasteiger partial charge in [-0.1, -0.05) is 30.7 Å². The van der Waals surface area contributed by atoms with E-state index in [4.69, 9.17) is 21.3 Å². The van der Waals surface area contributed by atoms with E-state index in [2.05, 4.69) is 4.90 Å². The molecule has 0 bridgehead atoms. The minimum Gasteiger partial charge on any atom is -0.449 e. The summed E-state index contributed by atoms with van der Waals surface area (Å²) in [6.07, 6.45) is 2.58. The number of hydrogen-bond donors (Lipinski definition) is 0. The van der Waals surface area contributed by atoms with Gasteiger partial charge in [-0.25, -0.2) is 14.2 Å². The van der Waals surface area contributed by atoms with Crippen LogP contribution >= 0.6 is 11.6 Å². The van der Waals surface area contributed by atoms with Gasteiger partial charge in [-0.2, -0.15) is 0 Å². The smallest absolute Gasteiger partial charge is 0.409 e. The zero-order valence-corrected chi connectivity index (χ0v) is 21.6. The summed E-state index contributed by atoms with van der Waals surface area (Å²) in [5.41, 5.74) is 2.85. The fraction of sp³-hybridized carbons (Fsp3) is 0.393. The molecule has 0 unspecified atom stereocenters. The summed E-state index contributed by atoms with van der Waals surface area (Å²) in [4.78, 5) is 35.4. The largest absolute Gasteiger partial charge is 0.449 e. The molecule has 2 aliphatic heterocycles. The van der Waals surface area contributed by atoms with E-state index in [0.29, 0.717) is 65.8 Å². The van der Waals surface area contributed by atoms with Crippen molar-refractivity contribution < 1.29 is 18.7 Å². The number of anilines is 1. The molecule has 9 heteroatoms. The quantitative estimate of drug-likeness (QED) is 0.435. The second-order valence-electron chi connectivity index (χ2n) is 9.48. The number of fused-ring (bicyclic) bond motifs is 1. The van der Waals surface area contributed by atoms with E-state index in [9.17, 15) is 14.0 Å². The molecule has 0 radical (unpaired) electrons. The molecule has 0 aliphatic carbocycles. The molecule has 5 rings (SSSR count). The van der Waals surface area contributed by atoms with Gasteiger partial charge in [0.2, 0.25) is 0 Å². The van der Waals surface area contributed by atoms with Gasteiger partial charge in [-0.3, -0.25) is 4.79 Å². The average molecular weight is 525 g/mol. The molecule has 7 nitrogen and oxygen atoms in total. The Morgan fingerprint density at radius 1 is 0.973 bits per heavy atom. The van der Waals surface area contributed by atoms with Crippen LogP contribution in [0, 0.1) is 5.82 Å². The Hall–Kier alpha value is -3.39. The zero-order valence-electron chi connectivity index (χ0n) is 20.9. The lowest BCUT2D eigenvalue weighted by atomic mass is 10.1. The Morgan fingerprint density at radius 3 is 2.41 bits per heavy atom. The number of ether oxygens (including phenoxy) is 1. The van der Waals surface area contributed by atoms with E-state index in [1.807, 2.05) is 13.0 Å². The number of amides is 2. The van der Waals surface area contributed by atoms with Crippen molar-refractivity contribution in [1.29, 1.82) is 0 Å². The molecule has 0 saturated carbocycles. The Balaban J connectivity index is 1.34. The number of pyridine rings is 1. The first-order chi connectivity index (χ1) is 17.9. The van der Waals surface area contributed by atoms with Crippen molar-refractivity contribution in [3.8, 4) is 11.3 Å². The summed E-state index contributed by atoms with van der Waals surface area (Å²) in [5, 5.41) is 1.21. The second-order valence-corrected chi connectivity index (χ2v) is 9.88. The van der Waals surface area contributed by atoms with Crippen LogP contribution in [0.1, 0.15) is 36.5 Å². The van der Waals surface area contributed by atoms with Gasteiger partial charge in [0.05, 0.1) is 28.5 Å². The molecule has 2 aromatic carbocycles. The number of piperazine rings is 1. The van der Waals surface area contributed by atoms with Crippen LogP contribution < -0.4 is 4.90 Å². The Morgan fingerprint density at radius 2 is 1.70 bits per heavy atom. The van der Waals surface area contributed by atoms with E-state index < -0.39 is 0 Å². The summed E-state index contributed by atoms with van der Waals surface area (Å²) in [6.45, 7) is 5.77. The molecule has 3 heterocycles. The Labute approximate surface area is 220 Å². The van der Waals surface area contributed by atoms with Crippen LogP contribution in [-0.4, -0.2) is 72.7 Å². The number of halogens is 2. The third-order valence-corrected chi connectivity index (χ3v) is 7.26. The summed E-state index contributed by atoms with van der Waals surface area (Å²) in [5.74, 6) is -0.410. The fourth-order valence-corrected chi connectivity index (χ4v) is 5.17. The third kappa shape index (κ3) is 5.34. The maximum absolute atomic E-state index is 14.9. The molecule has 1 aromatic heterocycles. The van der Waals surface area contributed by atoms with Gasteiger partial charge in [0, 0.05) is 55.8 Å².